The Hall–Kier alpha value is -3.62. The van der Waals surface area contributed by atoms with Gasteiger partial charge in [-0.05, 0) is 37.5 Å². The second-order valence-corrected chi connectivity index (χ2v) is 7.68. The molecule has 0 radical (unpaired) electrons. The molecule has 1 fully saturated rings. The van der Waals surface area contributed by atoms with Gasteiger partial charge >= 0.3 is 5.97 Å². The molecule has 3 aromatic heterocycles. The van der Waals surface area contributed by atoms with Crippen molar-refractivity contribution in [3.63, 3.8) is 0 Å². The zero-order valence-corrected chi connectivity index (χ0v) is 17.3. The largest absolute Gasteiger partial charge is 0.488 e. The Morgan fingerprint density at radius 1 is 1.06 bits per heavy atom. The normalized spacial score (nSPS) is 16.0. The average molecular weight is 421 g/mol. The SMILES string of the molecule is COC(=O)c1ccc2cc(N3CCOc4cc(C(=O)N5CCCCC5)cnc43)nn2c1. The summed E-state index contributed by atoms with van der Waals surface area (Å²) in [5.41, 5.74) is 1.80. The minimum Gasteiger partial charge on any atom is -0.488 e. The number of amides is 1. The molecule has 0 atom stereocenters. The number of likely N-dealkylation sites (tertiary alicyclic amines) is 1. The third kappa shape index (κ3) is 3.56. The molecular formula is C22H23N5O4. The number of hydrogen-bond acceptors (Lipinski definition) is 7. The van der Waals surface area contributed by atoms with Gasteiger partial charge in [0.1, 0.15) is 6.61 Å². The van der Waals surface area contributed by atoms with Gasteiger partial charge in [-0.1, -0.05) is 0 Å². The van der Waals surface area contributed by atoms with Gasteiger partial charge in [-0.3, -0.25) is 4.79 Å². The maximum Gasteiger partial charge on any atom is 0.339 e. The standard InChI is InChI=1S/C22H23N5O4/c1-30-22(29)15-5-6-17-12-19(24-27(17)14-15)26-9-10-31-18-11-16(13-23-20(18)26)21(28)25-7-3-2-4-8-25/h5-6,11-14H,2-4,7-10H2,1H3. The van der Waals surface area contributed by atoms with Crippen LogP contribution in [-0.4, -0.2) is 64.7 Å². The van der Waals surface area contributed by atoms with Crippen molar-refractivity contribution in [3.05, 3.63) is 47.8 Å². The lowest BCUT2D eigenvalue weighted by atomic mass is 10.1. The van der Waals surface area contributed by atoms with E-state index in [9.17, 15) is 9.59 Å². The Kier molecular flexibility index (Phi) is 4.93. The highest BCUT2D eigenvalue weighted by molar-refractivity contribution is 5.95. The van der Waals surface area contributed by atoms with Crippen LogP contribution in [0.3, 0.4) is 0 Å². The van der Waals surface area contributed by atoms with E-state index in [1.807, 2.05) is 21.9 Å². The van der Waals surface area contributed by atoms with Crippen molar-refractivity contribution in [3.8, 4) is 5.75 Å². The summed E-state index contributed by atoms with van der Waals surface area (Å²) < 4.78 is 12.2. The highest BCUT2D eigenvalue weighted by atomic mass is 16.5. The van der Waals surface area contributed by atoms with Crippen LogP contribution in [0.15, 0.2) is 36.7 Å². The summed E-state index contributed by atoms with van der Waals surface area (Å²) in [6, 6.07) is 7.22. The van der Waals surface area contributed by atoms with Crippen molar-refractivity contribution >= 4 is 29.0 Å². The number of esters is 1. The van der Waals surface area contributed by atoms with E-state index in [-0.39, 0.29) is 5.91 Å². The molecule has 0 saturated carbocycles. The van der Waals surface area contributed by atoms with Crippen molar-refractivity contribution in [1.82, 2.24) is 19.5 Å². The summed E-state index contributed by atoms with van der Waals surface area (Å²) in [4.78, 5) is 33.0. The van der Waals surface area contributed by atoms with Crippen LogP contribution in [0.5, 0.6) is 5.75 Å². The topological polar surface area (TPSA) is 89.3 Å². The van der Waals surface area contributed by atoms with E-state index < -0.39 is 5.97 Å². The van der Waals surface area contributed by atoms with E-state index in [0.717, 1.165) is 31.4 Å². The highest BCUT2D eigenvalue weighted by Gasteiger charge is 2.26. The summed E-state index contributed by atoms with van der Waals surface area (Å²) in [5.74, 6) is 1.47. The number of fused-ring (bicyclic) bond motifs is 2. The Labute approximate surface area is 179 Å². The Bertz CT molecular complexity index is 1150. The van der Waals surface area contributed by atoms with Crippen molar-refractivity contribution in [2.45, 2.75) is 19.3 Å². The number of hydrogen-bond donors (Lipinski definition) is 0. The summed E-state index contributed by atoms with van der Waals surface area (Å²) in [7, 11) is 1.35. The number of pyridine rings is 2. The number of rotatable bonds is 3. The van der Waals surface area contributed by atoms with E-state index in [1.165, 1.54) is 13.5 Å². The molecule has 5 heterocycles. The Morgan fingerprint density at radius 2 is 1.90 bits per heavy atom. The minimum atomic E-state index is -0.414. The number of anilines is 2. The molecule has 31 heavy (non-hydrogen) atoms. The number of nitrogens with zero attached hydrogens (tertiary/aromatic N) is 5. The Morgan fingerprint density at radius 3 is 2.71 bits per heavy atom. The molecule has 1 saturated heterocycles. The number of carbonyl (C=O) groups is 2. The summed E-state index contributed by atoms with van der Waals surface area (Å²) in [6.07, 6.45) is 6.51. The van der Waals surface area contributed by atoms with Crippen LogP contribution >= 0.6 is 0 Å². The maximum atomic E-state index is 12.8. The lowest BCUT2D eigenvalue weighted by molar-refractivity contribution is 0.0599. The molecule has 0 N–H and O–H groups in total. The van der Waals surface area contributed by atoms with Gasteiger partial charge in [0.15, 0.2) is 17.4 Å². The number of piperidine rings is 1. The first kappa shape index (κ1) is 19.3. The van der Waals surface area contributed by atoms with Crippen LogP contribution in [0.4, 0.5) is 11.6 Å². The van der Waals surface area contributed by atoms with E-state index in [0.29, 0.717) is 41.7 Å². The van der Waals surface area contributed by atoms with Crippen molar-refractivity contribution in [2.24, 2.45) is 0 Å². The van der Waals surface area contributed by atoms with Crippen LogP contribution < -0.4 is 9.64 Å². The first-order chi connectivity index (χ1) is 15.1. The molecule has 2 aliphatic heterocycles. The predicted molar refractivity (Wildman–Crippen MR) is 113 cm³/mol. The zero-order chi connectivity index (χ0) is 21.4. The molecule has 0 spiro atoms. The zero-order valence-electron chi connectivity index (χ0n) is 17.3. The quantitative estimate of drug-likeness (QED) is 0.601. The molecule has 1 amide bonds. The lowest BCUT2D eigenvalue weighted by Gasteiger charge is -2.29. The van der Waals surface area contributed by atoms with Crippen LogP contribution in [0.1, 0.15) is 40.0 Å². The smallest absolute Gasteiger partial charge is 0.339 e. The van der Waals surface area contributed by atoms with Crippen molar-refractivity contribution in [1.29, 1.82) is 0 Å². The van der Waals surface area contributed by atoms with Gasteiger partial charge < -0.3 is 19.3 Å². The van der Waals surface area contributed by atoms with Gasteiger partial charge in [0, 0.05) is 31.5 Å². The molecule has 3 aromatic rings. The molecule has 9 nitrogen and oxygen atoms in total. The third-order valence-electron chi connectivity index (χ3n) is 5.70. The molecular weight excluding hydrogens is 398 g/mol. The molecule has 0 aliphatic carbocycles. The predicted octanol–water partition coefficient (Wildman–Crippen LogP) is 2.67. The van der Waals surface area contributed by atoms with Gasteiger partial charge in [0.2, 0.25) is 0 Å². The van der Waals surface area contributed by atoms with Crippen LogP contribution in [-0.2, 0) is 4.74 Å². The fourth-order valence-electron chi connectivity index (χ4n) is 4.06. The van der Waals surface area contributed by atoms with Gasteiger partial charge in [0.05, 0.1) is 30.3 Å². The first-order valence-electron chi connectivity index (χ1n) is 10.4. The van der Waals surface area contributed by atoms with Gasteiger partial charge in [-0.25, -0.2) is 14.3 Å². The fourth-order valence-corrected chi connectivity index (χ4v) is 4.06. The third-order valence-corrected chi connectivity index (χ3v) is 5.70. The molecule has 2 aliphatic rings. The molecule has 0 unspecified atom stereocenters. The van der Waals surface area contributed by atoms with E-state index in [2.05, 4.69) is 10.1 Å². The number of carbonyl (C=O) groups excluding carboxylic acids is 2. The van der Waals surface area contributed by atoms with Crippen LogP contribution in [0, 0.1) is 0 Å². The monoisotopic (exact) mass is 421 g/mol. The van der Waals surface area contributed by atoms with Crippen LogP contribution in [0.25, 0.3) is 5.52 Å². The van der Waals surface area contributed by atoms with Crippen LogP contribution in [0.2, 0.25) is 0 Å². The summed E-state index contributed by atoms with van der Waals surface area (Å²) >= 11 is 0. The minimum absolute atomic E-state index is 0.00112. The lowest BCUT2D eigenvalue weighted by Crippen LogP contribution is -2.36. The summed E-state index contributed by atoms with van der Waals surface area (Å²) in [5, 5.41) is 4.61. The number of aromatic nitrogens is 3. The number of methoxy groups -OCH3 is 1. The Balaban J connectivity index is 1.44. The average Bonchev–Trinajstić information content (AvgIpc) is 3.26. The van der Waals surface area contributed by atoms with Gasteiger partial charge in [-0.15, -0.1) is 5.10 Å². The first-order valence-corrected chi connectivity index (χ1v) is 10.4. The van der Waals surface area contributed by atoms with Gasteiger partial charge in [0.25, 0.3) is 5.91 Å². The molecule has 0 bridgehead atoms. The molecule has 0 aromatic carbocycles. The van der Waals surface area contributed by atoms with E-state index in [1.54, 1.807) is 29.0 Å². The molecule has 5 rings (SSSR count). The van der Waals surface area contributed by atoms with E-state index in [4.69, 9.17) is 9.47 Å². The highest BCUT2D eigenvalue weighted by Crippen LogP contribution is 2.35. The van der Waals surface area contributed by atoms with E-state index >= 15 is 0 Å². The second-order valence-electron chi connectivity index (χ2n) is 7.68. The van der Waals surface area contributed by atoms with Crippen molar-refractivity contribution < 1.29 is 19.1 Å². The second kappa shape index (κ2) is 7.90. The fraction of sp³-hybridized carbons (Fsp3) is 0.364. The number of ether oxygens (including phenoxy) is 2. The molecule has 9 heteroatoms. The van der Waals surface area contributed by atoms with Gasteiger partial charge in [-0.2, -0.15) is 0 Å². The molecule has 160 valence electrons. The van der Waals surface area contributed by atoms with Crippen molar-refractivity contribution in [2.75, 3.05) is 38.3 Å². The maximum absolute atomic E-state index is 12.8. The summed E-state index contributed by atoms with van der Waals surface area (Å²) in [6.45, 7) is 2.61.